The molecular formula is C20H16BrCl2NO. The summed E-state index contributed by atoms with van der Waals surface area (Å²) in [6, 6.07) is 21.5. The molecule has 0 radical (unpaired) electrons. The van der Waals surface area contributed by atoms with E-state index in [9.17, 15) is 0 Å². The van der Waals surface area contributed by atoms with Crippen molar-refractivity contribution in [1.29, 1.82) is 0 Å². The van der Waals surface area contributed by atoms with Crippen molar-refractivity contribution < 1.29 is 4.74 Å². The van der Waals surface area contributed by atoms with Gasteiger partial charge in [0.2, 0.25) is 0 Å². The van der Waals surface area contributed by atoms with Crippen molar-refractivity contribution in [3.05, 3.63) is 92.4 Å². The molecule has 0 heterocycles. The molecule has 0 unspecified atom stereocenters. The van der Waals surface area contributed by atoms with Crippen LogP contribution < -0.4 is 10.1 Å². The van der Waals surface area contributed by atoms with Crippen LogP contribution >= 0.6 is 39.1 Å². The van der Waals surface area contributed by atoms with E-state index in [4.69, 9.17) is 27.9 Å². The Morgan fingerprint density at radius 2 is 1.68 bits per heavy atom. The molecule has 0 fully saturated rings. The van der Waals surface area contributed by atoms with Crippen molar-refractivity contribution in [2.75, 3.05) is 5.32 Å². The lowest BCUT2D eigenvalue weighted by molar-refractivity contribution is 0.304. The number of ether oxygens (including phenoxy) is 1. The molecule has 5 heteroatoms. The SMILES string of the molecule is Clc1ccc(NCc2ccc(OCc3ccccc3)c(Br)c2)c(Cl)c1. The molecule has 3 aromatic carbocycles. The molecule has 2 nitrogen and oxygen atoms in total. The molecular weight excluding hydrogens is 421 g/mol. The van der Waals surface area contributed by atoms with E-state index < -0.39 is 0 Å². The van der Waals surface area contributed by atoms with E-state index in [0.29, 0.717) is 23.2 Å². The summed E-state index contributed by atoms with van der Waals surface area (Å²) in [7, 11) is 0. The first-order valence-electron chi connectivity index (χ1n) is 7.76. The third kappa shape index (κ3) is 5.15. The minimum atomic E-state index is 0.539. The van der Waals surface area contributed by atoms with Crippen LogP contribution in [0.1, 0.15) is 11.1 Å². The van der Waals surface area contributed by atoms with Crippen LogP contribution in [-0.2, 0) is 13.2 Å². The maximum atomic E-state index is 6.18. The van der Waals surface area contributed by atoms with Crippen LogP contribution in [0.15, 0.2) is 71.2 Å². The zero-order chi connectivity index (χ0) is 17.6. The zero-order valence-electron chi connectivity index (χ0n) is 13.3. The Bertz CT molecular complexity index is 856. The second-order valence-corrected chi connectivity index (χ2v) is 7.21. The van der Waals surface area contributed by atoms with Gasteiger partial charge in [0, 0.05) is 11.6 Å². The van der Waals surface area contributed by atoms with E-state index in [1.54, 1.807) is 6.07 Å². The highest BCUT2D eigenvalue weighted by atomic mass is 79.9. The molecule has 0 saturated heterocycles. The molecule has 0 aliphatic heterocycles. The molecule has 0 bridgehead atoms. The lowest BCUT2D eigenvalue weighted by Crippen LogP contribution is -2.01. The van der Waals surface area contributed by atoms with Crippen LogP contribution in [0.4, 0.5) is 5.69 Å². The van der Waals surface area contributed by atoms with E-state index in [2.05, 4.69) is 21.2 Å². The largest absolute Gasteiger partial charge is 0.488 e. The van der Waals surface area contributed by atoms with E-state index in [-0.39, 0.29) is 0 Å². The molecule has 0 atom stereocenters. The van der Waals surface area contributed by atoms with Gasteiger partial charge in [-0.2, -0.15) is 0 Å². The highest BCUT2D eigenvalue weighted by molar-refractivity contribution is 9.10. The van der Waals surface area contributed by atoms with E-state index >= 15 is 0 Å². The van der Waals surface area contributed by atoms with Crippen LogP contribution in [0.3, 0.4) is 0 Å². The molecule has 0 aliphatic carbocycles. The fourth-order valence-corrected chi connectivity index (χ4v) is 3.35. The smallest absolute Gasteiger partial charge is 0.134 e. The molecule has 0 amide bonds. The molecule has 0 aromatic heterocycles. The van der Waals surface area contributed by atoms with Crippen LogP contribution in [0, 0.1) is 0 Å². The number of hydrogen-bond acceptors (Lipinski definition) is 2. The third-order valence-corrected chi connectivity index (χ3v) is 4.82. The van der Waals surface area contributed by atoms with E-state index in [1.165, 1.54) is 0 Å². The molecule has 25 heavy (non-hydrogen) atoms. The number of benzene rings is 3. The Labute approximate surface area is 165 Å². The predicted octanol–water partition coefficient (Wildman–Crippen LogP) is 6.95. The summed E-state index contributed by atoms with van der Waals surface area (Å²) in [5, 5.41) is 4.54. The van der Waals surface area contributed by atoms with E-state index in [1.807, 2.05) is 60.7 Å². The maximum Gasteiger partial charge on any atom is 0.134 e. The average Bonchev–Trinajstić information content (AvgIpc) is 2.61. The topological polar surface area (TPSA) is 21.3 Å². The fourth-order valence-electron chi connectivity index (χ4n) is 2.34. The number of rotatable bonds is 6. The molecule has 128 valence electrons. The second kappa shape index (κ2) is 8.61. The first kappa shape index (κ1) is 18.1. The van der Waals surface area contributed by atoms with Gasteiger partial charge in [-0.25, -0.2) is 0 Å². The molecule has 0 saturated carbocycles. The summed E-state index contributed by atoms with van der Waals surface area (Å²) < 4.78 is 6.79. The van der Waals surface area contributed by atoms with Crippen LogP contribution in [-0.4, -0.2) is 0 Å². The van der Waals surface area contributed by atoms with Gasteiger partial charge in [-0.1, -0.05) is 59.6 Å². The fraction of sp³-hybridized carbons (Fsp3) is 0.100. The Morgan fingerprint density at radius 3 is 2.40 bits per heavy atom. The van der Waals surface area contributed by atoms with Gasteiger partial charge >= 0.3 is 0 Å². The second-order valence-electron chi connectivity index (χ2n) is 5.52. The Hall–Kier alpha value is -1.68. The van der Waals surface area contributed by atoms with Crippen LogP contribution in [0.2, 0.25) is 10.0 Å². The summed E-state index contributed by atoms with van der Waals surface area (Å²) in [6.45, 7) is 1.19. The molecule has 3 rings (SSSR count). The number of anilines is 1. The van der Waals surface area contributed by atoms with Gasteiger partial charge < -0.3 is 10.1 Å². The highest BCUT2D eigenvalue weighted by Crippen LogP contribution is 2.29. The maximum absolute atomic E-state index is 6.18. The standard InChI is InChI=1S/C20H16BrCl2NO/c21-17-10-15(12-24-19-8-7-16(22)11-18(19)23)6-9-20(17)25-13-14-4-2-1-3-5-14/h1-11,24H,12-13H2. The molecule has 1 N–H and O–H groups in total. The summed E-state index contributed by atoms with van der Waals surface area (Å²) in [6.07, 6.45) is 0. The van der Waals surface area contributed by atoms with Gasteiger partial charge in [0.05, 0.1) is 15.2 Å². The molecule has 0 aliphatic rings. The monoisotopic (exact) mass is 435 g/mol. The lowest BCUT2D eigenvalue weighted by atomic mass is 10.2. The van der Waals surface area contributed by atoms with Crippen molar-refractivity contribution >= 4 is 44.8 Å². The minimum Gasteiger partial charge on any atom is -0.488 e. The Kier molecular flexibility index (Phi) is 6.24. The predicted molar refractivity (Wildman–Crippen MR) is 109 cm³/mol. The van der Waals surface area contributed by atoms with Crippen LogP contribution in [0.5, 0.6) is 5.75 Å². The first-order valence-corrected chi connectivity index (χ1v) is 9.31. The van der Waals surface area contributed by atoms with Crippen molar-refractivity contribution in [3.8, 4) is 5.75 Å². The number of halogens is 3. The Morgan fingerprint density at radius 1 is 0.880 bits per heavy atom. The average molecular weight is 437 g/mol. The van der Waals surface area contributed by atoms with Crippen molar-refractivity contribution in [1.82, 2.24) is 0 Å². The minimum absolute atomic E-state index is 0.539. The van der Waals surface area contributed by atoms with Gasteiger partial charge in [0.25, 0.3) is 0 Å². The van der Waals surface area contributed by atoms with Gasteiger partial charge in [-0.05, 0) is 57.4 Å². The van der Waals surface area contributed by atoms with Gasteiger partial charge in [-0.15, -0.1) is 0 Å². The first-order chi connectivity index (χ1) is 12.1. The van der Waals surface area contributed by atoms with E-state index in [0.717, 1.165) is 27.0 Å². The zero-order valence-corrected chi connectivity index (χ0v) is 16.4. The van der Waals surface area contributed by atoms with Gasteiger partial charge in [0.1, 0.15) is 12.4 Å². The lowest BCUT2D eigenvalue weighted by Gasteiger charge is -2.12. The van der Waals surface area contributed by atoms with Crippen molar-refractivity contribution in [2.24, 2.45) is 0 Å². The molecule has 0 spiro atoms. The van der Waals surface area contributed by atoms with Gasteiger partial charge in [0.15, 0.2) is 0 Å². The van der Waals surface area contributed by atoms with Crippen LogP contribution in [0.25, 0.3) is 0 Å². The number of hydrogen-bond donors (Lipinski definition) is 1. The van der Waals surface area contributed by atoms with Crippen molar-refractivity contribution in [2.45, 2.75) is 13.2 Å². The quantitative estimate of drug-likeness (QED) is 0.451. The molecule has 3 aromatic rings. The summed E-state index contributed by atoms with van der Waals surface area (Å²) in [5.41, 5.74) is 3.11. The summed E-state index contributed by atoms with van der Waals surface area (Å²) in [5.74, 6) is 0.817. The highest BCUT2D eigenvalue weighted by Gasteiger charge is 2.05. The summed E-state index contributed by atoms with van der Waals surface area (Å²) >= 11 is 15.7. The number of nitrogens with one attached hydrogen (secondary N) is 1. The normalized spacial score (nSPS) is 10.5. The van der Waals surface area contributed by atoms with Gasteiger partial charge in [-0.3, -0.25) is 0 Å². The van der Waals surface area contributed by atoms with Crippen molar-refractivity contribution in [3.63, 3.8) is 0 Å². The summed E-state index contributed by atoms with van der Waals surface area (Å²) in [4.78, 5) is 0. The Balaban J connectivity index is 1.61. The third-order valence-electron chi connectivity index (χ3n) is 3.65.